The van der Waals surface area contributed by atoms with E-state index in [1.165, 1.54) is 19.2 Å². The summed E-state index contributed by atoms with van der Waals surface area (Å²) < 4.78 is 23.7. The van der Waals surface area contributed by atoms with Gasteiger partial charge in [-0.2, -0.15) is 0 Å². The molecule has 1 N–H and O–H groups in total. The molecule has 0 amide bonds. The van der Waals surface area contributed by atoms with Crippen LogP contribution in [0.3, 0.4) is 0 Å². The summed E-state index contributed by atoms with van der Waals surface area (Å²) in [5.41, 5.74) is 2.44. The number of halogens is 1. The third-order valence-corrected chi connectivity index (χ3v) is 3.63. The number of hydrogen-bond acceptors (Lipinski definition) is 3. The fourth-order valence-electron chi connectivity index (χ4n) is 2.45. The van der Waals surface area contributed by atoms with Gasteiger partial charge in [0.1, 0.15) is 6.61 Å². The number of rotatable bonds is 5. The lowest BCUT2D eigenvalue weighted by Gasteiger charge is -2.07. The number of aromatic amines is 1. The number of carbonyl (C=O) groups is 1. The van der Waals surface area contributed by atoms with Crippen LogP contribution in [0.25, 0.3) is 10.9 Å². The van der Waals surface area contributed by atoms with Crippen molar-refractivity contribution in [3.05, 3.63) is 65.6 Å². The molecule has 23 heavy (non-hydrogen) atoms. The Morgan fingerprint density at radius 3 is 2.83 bits per heavy atom. The second-order valence-electron chi connectivity index (χ2n) is 5.17. The van der Waals surface area contributed by atoms with Gasteiger partial charge in [-0.15, -0.1) is 0 Å². The number of aromatic nitrogens is 1. The Morgan fingerprint density at radius 2 is 2.04 bits per heavy atom. The highest BCUT2D eigenvalue weighted by Crippen LogP contribution is 2.20. The summed E-state index contributed by atoms with van der Waals surface area (Å²) in [7, 11) is 1.40. The first-order chi connectivity index (χ1) is 11.2. The maximum absolute atomic E-state index is 13.6. The van der Waals surface area contributed by atoms with Gasteiger partial charge in [-0.3, -0.25) is 4.79 Å². The average Bonchev–Trinajstić information content (AvgIpc) is 2.96. The molecule has 0 unspecified atom stereocenters. The monoisotopic (exact) mass is 313 g/mol. The summed E-state index contributed by atoms with van der Waals surface area (Å²) in [6, 6.07) is 12.2. The van der Waals surface area contributed by atoms with Gasteiger partial charge < -0.3 is 14.5 Å². The molecule has 0 saturated heterocycles. The fourth-order valence-corrected chi connectivity index (χ4v) is 2.45. The number of methoxy groups -OCH3 is 1. The molecule has 3 rings (SSSR count). The van der Waals surface area contributed by atoms with Crippen molar-refractivity contribution in [3.63, 3.8) is 0 Å². The third-order valence-electron chi connectivity index (χ3n) is 3.63. The lowest BCUT2D eigenvalue weighted by Crippen LogP contribution is -2.08. The van der Waals surface area contributed by atoms with Crippen LogP contribution in [0, 0.1) is 5.82 Å². The summed E-state index contributed by atoms with van der Waals surface area (Å²) in [4.78, 5) is 15.1. The van der Waals surface area contributed by atoms with Crippen LogP contribution in [0.2, 0.25) is 0 Å². The van der Waals surface area contributed by atoms with Crippen molar-refractivity contribution in [2.24, 2.45) is 0 Å². The van der Waals surface area contributed by atoms with Crippen LogP contribution >= 0.6 is 0 Å². The third kappa shape index (κ3) is 3.34. The minimum Gasteiger partial charge on any atom is -0.494 e. The van der Waals surface area contributed by atoms with Crippen molar-refractivity contribution in [3.8, 4) is 5.75 Å². The standard InChI is InChI=1S/C18H16FNO3/c1-22-17-7-6-12(8-15(17)19)11-23-18(21)9-13-10-20-16-5-3-2-4-14(13)16/h2-8,10,20H,9,11H2,1H3. The number of esters is 1. The quantitative estimate of drug-likeness (QED) is 0.732. The van der Waals surface area contributed by atoms with Crippen LogP contribution in [0.1, 0.15) is 11.1 Å². The smallest absolute Gasteiger partial charge is 0.310 e. The fraction of sp³-hybridized carbons (Fsp3) is 0.167. The molecular formula is C18H16FNO3. The minimum atomic E-state index is -0.474. The van der Waals surface area contributed by atoms with Gasteiger partial charge in [-0.25, -0.2) is 4.39 Å². The van der Waals surface area contributed by atoms with E-state index in [9.17, 15) is 9.18 Å². The summed E-state index contributed by atoms with van der Waals surface area (Å²) >= 11 is 0. The molecule has 4 nitrogen and oxygen atoms in total. The first-order valence-corrected chi connectivity index (χ1v) is 7.20. The highest BCUT2D eigenvalue weighted by Gasteiger charge is 2.10. The molecule has 0 aliphatic carbocycles. The Hall–Kier alpha value is -2.82. The Labute approximate surface area is 132 Å². The van der Waals surface area contributed by atoms with Crippen molar-refractivity contribution >= 4 is 16.9 Å². The molecule has 0 atom stereocenters. The van der Waals surface area contributed by atoms with Gasteiger partial charge in [0.25, 0.3) is 0 Å². The van der Waals surface area contributed by atoms with Gasteiger partial charge in [0.2, 0.25) is 0 Å². The van der Waals surface area contributed by atoms with E-state index in [0.29, 0.717) is 5.56 Å². The largest absolute Gasteiger partial charge is 0.494 e. The molecule has 0 aliphatic rings. The molecule has 0 saturated carbocycles. The van der Waals surface area contributed by atoms with Crippen LogP contribution in [-0.2, 0) is 22.6 Å². The average molecular weight is 313 g/mol. The summed E-state index contributed by atoms with van der Waals surface area (Å²) in [6.07, 6.45) is 1.97. The molecule has 1 aromatic heterocycles. The molecule has 118 valence electrons. The molecule has 0 bridgehead atoms. The number of nitrogens with one attached hydrogen (secondary N) is 1. The Bertz CT molecular complexity index is 841. The SMILES string of the molecule is COc1ccc(COC(=O)Cc2c[nH]c3ccccc23)cc1F. The van der Waals surface area contributed by atoms with Crippen LogP contribution in [0.5, 0.6) is 5.75 Å². The number of ether oxygens (including phenoxy) is 2. The number of hydrogen-bond donors (Lipinski definition) is 1. The molecule has 0 spiro atoms. The Kier molecular flexibility index (Phi) is 4.28. The maximum Gasteiger partial charge on any atom is 0.310 e. The minimum absolute atomic E-state index is 0.0299. The zero-order valence-electron chi connectivity index (χ0n) is 12.6. The molecular weight excluding hydrogens is 297 g/mol. The highest BCUT2D eigenvalue weighted by molar-refractivity contribution is 5.87. The van der Waals surface area contributed by atoms with E-state index >= 15 is 0 Å². The lowest BCUT2D eigenvalue weighted by molar-refractivity contribution is -0.144. The summed E-state index contributed by atoms with van der Waals surface area (Å²) in [5.74, 6) is -0.664. The van der Waals surface area contributed by atoms with Gasteiger partial charge in [0, 0.05) is 17.1 Å². The van der Waals surface area contributed by atoms with Gasteiger partial charge in [-0.05, 0) is 29.3 Å². The van der Waals surface area contributed by atoms with Crippen molar-refractivity contribution in [1.29, 1.82) is 0 Å². The predicted octanol–water partition coefficient (Wildman–Crippen LogP) is 3.60. The number of H-pyrrole nitrogens is 1. The van der Waals surface area contributed by atoms with Crippen molar-refractivity contribution in [2.75, 3.05) is 7.11 Å². The molecule has 1 heterocycles. The zero-order valence-corrected chi connectivity index (χ0v) is 12.6. The van der Waals surface area contributed by atoms with Crippen molar-refractivity contribution in [2.45, 2.75) is 13.0 Å². The van der Waals surface area contributed by atoms with Crippen LogP contribution < -0.4 is 4.74 Å². The highest BCUT2D eigenvalue weighted by atomic mass is 19.1. The van der Waals surface area contributed by atoms with E-state index in [1.807, 2.05) is 24.3 Å². The normalized spacial score (nSPS) is 10.7. The molecule has 2 aromatic carbocycles. The van der Waals surface area contributed by atoms with Crippen molar-refractivity contribution in [1.82, 2.24) is 4.98 Å². The summed E-state index contributed by atoms with van der Waals surface area (Å²) in [6.45, 7) is 0.0299. The van der Waals surface area contributed by atoms with Crippen LogP contribution in [0.4, 0.5) is 4.39 Å². The maximum atomic E-state index is 13.6. The Morgan fingerprint density at radius 1 is 1.22 bits per heavy atom. The number of para-hydroxylation sites is 1. The molecule has 3 aromatic rings. The van der Waals surface area contributed by atoms with E-state index < -0.39 is 5.82 Å². The van der Waals surface area contributed by atoms with Crippen LogP contribution in [-0.4, -0.2) is 18.1 Å². The summed E-state index contributed by atoms with van der Waals surface area (Å²) in [5, 5.41) is 1.000. The molecule has 0 aliphatic heterocycles. The zero-order chi connectivity index (χ0) is 16.2. The molecule has 0 fully saturated rings. The van der Waals surface area contributed by atoms with Gasteiger partial charge in [-0.1, -0.05) is 24.3 Å². The first kappa shape index (κ1) is 15.1. The lowest BCUT2D eigenvalue weighted by atomic mass is 10.1. The second-order valence-corrected chi connectivity index (χ2v) is 5.17. The molecule has 5 heteroatoms. The molecule has 0 radical (unpaired) electrons. The number of benzene rings is 2. The van der Waals surface area contributed by atoms with E-state index in [2.05, 4.69) is 4.98 Å². The first-order valence-electron chi connectivity index (χ1n) is 7.20. The predicted molar refractivity (Wildman–Crippen MR) is 84.8 cm³/mol. The topological polar surface area (TPSA) is 51.3 Å². The second kappa shape index (κ2) is 6.52. The van der Waals surface area contributed by atoms with Gasteiger partial charge >= 0.3 is 5.97 Å². The van der Waals surface area contributed by atoms with Crippen LogP contribution in [0.15, 0.2) is 48.7 Å². The number of fused-ring (bicyclic) bond motifs is 1. The Balaban J connectivity index is 1.62. The van der Waals surface area contributed by atoms with E-state index in [-0.39, 0.29) is 24.7 Å². The van der Waals surface area contributed by atoms with E-state index in [0.717, 1.165) is 16.5 Å². The van der Waals surface area contributed by atoms with Gasteiger partial charge in [0.15, 0.2) is 11.6 Å². The van der Waals surface area contributed by atoms with Crippen molar-refractivity contribution < 1.29 is 18.7 Å². The van der Waals surface area contributed by atoms with E-state index in [4.69, 9.17) is 9.47 Å². The van der Waals surface area contributed by atoms with E-state index in [1.54, 1.807) is 12.3 Å². The van der Waals surface area contributed by atoms with Gasteiger partial charge in [0.05, 0.1) is 13.5 Å². The number of carbonyl (C=O) groups excluding carboxylic acids is 1.